The summed E-state index contributed by atoms with van der Waals surface area (Å²) < 4.78 is 13.9. The lowest BCUT2D eigenvalue weighted by molar-refractivity contribution is 0.269. The highest BCUT2D eigenvalue weighted by Gasteiger charge is 2.27. The van der Waals surface area contributed by atoms with Crippen molar-refractivity contribution in [3.05, 3.63) is 65.7 Å². The summed E-state index contributed by atoms with van der Waals surface area (Å²) in [5, 5.41) is 18.7. The van der Waals surface area contributed by atoms with Crippen LogP contribution in [-0.4, -0.2) is 16.7 Å². The molecule has 0 aliphatic heterocycles. The Bertz CT molecular complexity index is 595. The zero-order chi connectivity index (χ0) is 14.4. The number of pyridine rings is 1. The quantitative estimate of drug-likeness (QED) is 0.908. The summed E-state index contributed by atoms with van der Waals surface area (Å²) in [5.41, 5.74) is 1.04. The largest absolute Gasteiger partial charge is 0.396 e. The molecule has 0 saturated heterocycles. The standard InChI is InChI=1S/C16H15FN2O/c17-15-7-4-9-19-16(15)13(8-10-20)14(11-18)12-5-2-1-3-6-12/h1-7,9,13-14,20H,8,10H2/t13-,14-/m0/s1. The third-order valence-electron chi connectivity index (χ3n) is 3.28. The fourth-order valence-corrected chi connectivity index (χ4v) is 2.33. The van der Waals surface area contributed by atoms with Gasteiger partial charge in [0.25, 0.3) is 0 Å². The van der Waals surface area contributed by atoms with Gasteiger partial charge in [-0.3, -0.25) is 4.98 Å². The molecule has 4 heteroatoms. The molecule has 1 N–H and O–H groups in total. The molecule has 1 aromatic heterocycles. The van der Waals surface area contributed by atoms with Gasteiger partial charge in [0.2, 0.25) is 0 Å². The minimum Gasteiger partial charge on any atom is -0.396 e. The first-order valence-electron chi connectivity index (χ1n) is 6.43. The van der Waals surface area contributed by atoms with E-state index in [1.54, 1.807) is 0 Å². The maximum Gasteiger partial charge on any atom is 0.145 e. The van der Waals surface area contributed by atoms with Crippen LogP contribution in [0, 0.1) is 17.1 Å². The molecule has 0 saturated carbocycles. The van der Waals surface area contributed by atoms with E-state index in [2.05, 4.69) is 11.1 Å². The Kier molecular flexibility index (Phi) is 4.80. The van der Waals surface area contributed by atoms with Crippen molar-refractivity contribution in [1.82, 2.24) is 4.98 Å². The van der Waals surface area contributed by atoms with Crippen molar-refractivity contribution in [2.24, 2.45) is 0 Å². The Morgan fingerprint density at radius 2 is 1.95 bits per heavy atom. The lowest BCUT2D eigenvalue weighted by atomic mass is 9.82. The van der Waals surface area contributed by atoms with Gasteiger partial charge in [0.05, 0.1) is 17.7 Å². The molecule has 0 unspecified atom stereocenters. The molecule has 2 rings (SSSR count). The Labute approximate surface area is 117 Å². The fourth-order valence-electron chi connectivity index (χ4n) is 2.33. The molecule has 2 aromatic rings. The second kappa shape index (κ2) is 6.78. The van der Waals surface area contributed by atoms with Gasteiger partial charge in [-0.2, -0.15) is 5.26 Å². The van der Waals surface area contributed by atoms with E-state index in [0.29, 0.717) is 6.42 Å². The molecule has 0 spiro atoms. The molecular formula is C16H15FN2O. The summed E-state index contributed by atoms with van der Waals surface area (Å²) in [5.74, 6) is -1.44. The summed E-state index contributed by atoms with van der Waals surface area (Å²) in [6.07, 6.45) is 1.79. The van der Waals surface area contributed by atoms with Gasteiger partial charge in [-0.05, 0) is 24.1 Å². The van der Waals surface area contributed by atoms with Crippen molar-refractivity contribution >= 4 is 0 Å². The zero-order valence-electron chi connectivity index (χ0n) is 10.9. The summed E-state index contributed by atoms with van der Waals surface area (Å²) in [6.45, 7) is -0.119. The number of rotatable bonds is 5. The smallest absolute Gasteiger partial charge is 0.145 e. The second-order valence-electron chi connectivity index (χ2n) is 4.51. The van der Waals surface area contributed by atoms with Crippen LogP contribution in [0.1, 0.15) is 29.5 Å². The van der Waals surface area contributed by atoms with E-state index in [9.17, 15) is 14.8 Å². The Balaban J connectivity index is 2.42. The third kappa shape index (κ3) is 3.01. The number of aromatic nitrogens is 1. The lowest BCUT2D eigenvalue weighted by Gasteiger charge is -2.21. The summed E-state index contributed by atoms with van der Waals surface area (Å²) in [4.78, 5) is 4.05. The van der Waals surface area contributed by atoms with E-state index in [0.717, 1.165) is 5.56 Å². The summed E-state index contributed by atoms with van der Waals surface area (Å²) >= 11 is 0. The first kappa shape index (κ1) is 14.2. The molecule has 102 valence electrons. The Hall–Kier alpha value is -2.25. The molecule has 0 fully saturated rings. The molecule has 3 nitrogen and oxygen atoms in total. The average Bonchev–Trinajstić information content (AvgIpc) is 2.49. The number of aliphatic hydroxyl groups excluding tert-OH is 1. The lowest BCUT2D eigenvalue weighted by Crippen LogP contribution is -2.15. The van der Waals surface area contributed by atoms with E-state index in [-0.39, 0.29) is 12.3 Å². The van der Waals surface area contributed by atoms with Gasteiger partial charge in [-0.15, -0.1) is 0 Å². The van der Waals surface area contributed by atoms with Gasteiger partial charge in [-0.25, -0.2) is 4.39 Å². The van der Waals surface area contributed by atoms with E-state index in [1.807, 2.05) is 30.3 Å². The predicted octanol–water partition coefficient (Wildman–Crippen LogP) is 2.99. The molecule has 0 aliphatic carbocycles. The van der Waals surface area contributed by atoms with Gasteiger partial charge in [-0.1, -0.05) is 30.3 Å². The number of hydrogen-bond acceptors (Lipinski definition) is 3. The van der Waals surface area contributed by atoms with Gasteiger partial charge < -0.3 is 5.11 Å². The molecule has 0 radical (unpaired) electrons. The number of aliphatic hydroxyl groups is 1. The van der Waals surface area contributed by atoms with E-state index < -0.39 is 17.7 Å². The highest BCUT2D eigenvalue weighted by molar-refractivity contribution is 5.31. The van der Waals surface area contributed by atoms with Crippen LogP contribution in [0.4, 0.5) is 4.39 Å². The molecular weight excluding hydrogens is 255 g/mol. The van der Waals surface area contributed by atoms with Crippen molar-refractivity contribution in [1.29, 1.82) is 5.26 Å². The first-order chi connectivity index (χ1) is 9.77. The topological polar surface area (TPSA) is 56.9 Å². The van der Waals surface area contributed by atoms with Crippen molar-refractivity contribution in [2.45, 2.75) is 18.3 Å². The number of halogens is 1. The van der Waals surface area contributed by atoms with Crippen LogP contribution in [0.3, 0.4) is 0 Å². The maximum atomic E-state index is 13.9. The van der Waals surface area contributed by atoms with Crippen LogP contribution in [0.15, 0.2) is 48.7 Å². The molecule has 1 aromatic carbocycles. The molecule has 0 aliphatic rings. The minimum atomic E-state index is -0.534. The molecule has 1 heterocycles. The SMILES string of the molecule is N#C[C@@H](c1ccccc1)[C@H](CCO)c1ncccc1F. The van der Waals surface area contributed by atoms with Crippen LogP contribution in [0.5, 0.6) is 0 Å². The van der Waals surface area contributed by atoms with Gasteiger partial charge in [0.1, 0.15) is 5.82 Å². The van der Waals surface area contributed by atoms with Crippen LogP contribution in [0.25, 0.3) is 0 Å². The van der Waals surface area contributed by atoms with E-state index in [4.69, 9.17) is 0 Å². The van der Waals surface area contributed by atoms with Crippen molar-refractivity contribution in [2.75, 3.05) is 6.61 Å². The molecule has 0 bridgehead atoms. The number of nitriles is 1. The van der Waals surface area contributed by atoms with Crippen molar-refractivity contribution in [3.8, 4) is 6.07 Å². The third-order valence-corrected chi connectivity index (χ3v) is 3.28. The number of nitrogens with zero attached hydrogens (tertiary/aromatic N) is 2. The van der Waals surface area contributed by atoms with Crippen LogP contribution in [-0.2, 0) is 0 Å². The Morgan fingerprint density at radius 1 is 1.20 bits per heavy atom. The van der Waals surface area contributed by atoms with Crippen LogP contribution < -0.4 is 0 Å². The van der Waals surface area contributed by atoms with E-state index >= 15 is 0 Å². The first-order valence-corrected chi connectivity index (χ1v) is 6.43. The van der Waals surface area contributed by atoms with Crippen LogP contribution in [0.2, 0.25) is 0 Å². The fraction of sp³-hybridized carbons (Fsp3) is 0.250. The second-order valence-corrected chi connectivity index (χ2v) is 4.51. The monoisotopic (exact) mass is 270 g/mol. The minimum absolute atomic E-state index is 0.119. The van der Waals surface area contributed by atoms with Crippen LogP contribution >= 0.6 is 0 Å². The molecule has 0 amide bonds. The summed E-state index contributed by atoms with van der Waals surface area (Å²) in [7, 11) is 0. The number of hydrogen-bond donors (Lipinski definition) is 1. The average molecular weight is 270 g/mol. The summed E-state index contributed by atoms with van der Waals surface area (Å²) in [6, 6.07) is 14.3. The van der Waals surface area contributed by atoms with Crippen molar-refractivity contribution < 1.29 is 9.50 Å². The van der Waals surface area contributed by atoms with Gasteiger partial charge in [0, 0.05) is 18.7 Å². The normalized spacial score (nSPS) is 13.4. The van der Waals surface area contributed by atoms with Crippen molar-refractivity contribution in [3.63, 3.8) is 0 Å². The molecule has 20 heavy (non-hydrogen) atoms. The zero-order valence-corrected chi connectivity index (χ0v) is 10.9. The van der Waals surface area contributed by atoms with Gasteiger partial charge >= 0.3 is 0 Å². The molecule has 2 atom stereocenters. The Morgan fingerprint density at radius 3 is 2.55 bits per heavy atom. The number of benzene rings is 1. The van der Waals surface area contributed by atoms with E-state index in [1.165, 1.54) is 18.3 Å². The highest BCUT2D eigenvalue weighted by Crippen LogP contribution is 2.35. The predicted molar refractivity (Wildman–Crippen MR) is 73.4 cm³/mol. The maximum absolute atomic E-state index is 13.9. The highest BCUT2D eigenvalue weighted by atomic mass is 19.1. The van der Waals surface area contributed by atoms with Gasteiger partial charge in [0.15, 0.2) is 0 Å².